The fourth-order valence-corrected chi connectivity index (χ4v) is 4.04. The van der Waals surface area contributed by atoms with Crippen LogP contribution in [0.1, 0.15) is 28.6 Å². The van der Waals surface area contributed by atoms with Gasteiger partial charge in [-0.2, -0.15) is 0 Å². The lowest BCUT2D eigenvalue weighted by Gasteiger charge is -2.12. The van der Waals surface area contributed by atoms with Crippen molar-refractivity contribution in [3.05, 3.63) is 82.5 Å². The molecule has 1 fully saturated rings. The smallest absolute Gasteiger partial charge is 0.335 e. The van der Waals surface area contributed by atoms with Crippen LogP contribution in [0.15, 0.2) is 70.0 Å². The van der Waals surface area contributed by atoms with Crippen LogP contribution in [-0.2, 0) is 11.2 Å². The number of aryl methyl sites for hydroxylation is 1. The van der Waals surface area contributed by atoms with Crippen molar-refractivity contribution in [2.24, 2.45) is 0 Å². The van der Waals surface area contributed by atoms with Crippen molar-refractivity contribution in [2.45, 2.75) is 18.8 Å². The van der Waals surface area contributed by atoms with Crippen molar-refractivity contribution in [1.29, 1.82) is 0 Å². The number of anilines is 1. The number of carbonyl (C=O) groups is 2. The van der Waals surface area contributed by atoms with E-state index in [2.05, 4.69) is 29.7 Å². The van der Waals surface area contributed by atoms with E-state index in [0.29, 0.717) is 22.0 Å². The predicted octanol–water partition coefficient (Wildman–Crippen LogP) is 4.81. The van der Waals surface area contributed by atoms with E-state index in [4.69, 9.17) is 9.52 Å². The van der Waals surface area contributed by atoms with Gasteiger partial charge in [-0.25, -0.2) is 4.79 Å². The van der Waals surface area contributed by atoms with Crippen LogP contribution < -0.4 is 10.6 Å². The molecule has 6 nitrogen and oxygen atoms in total. The Morgan fingerprint density at radius 3 is 2.73 bits per heavy atom. The van der Waals surface area contributed by atoms with Gasteiger partial charge in [-0.1, -0.05) is 43.0 Å². The Labute approximate surface area is 178 Å². The second-order valence-corrected chi connectivity index (χ2v) is 7.91. The molecule has 0 aliphatic carbocycles. The van der Waals surface area contributed by atoms with Crippen LogP contribution in [0.25, 0.3) is 17.4 Å². The highest BCUT2D eigenvalue weighted by molar-refractivity contribution is 8.05. The standard InChI is InChI=1S/C23H20N2O4S/c1-2-14-6-8-17(9-7-14)24-23-25-21(26)20(30-23)13-18-10-11-19(29-18)15-4-3-5-16(12-15)22(27)28/h3-13,23-24H,2H2,1H3,(H,25,26)(H,27,28)/b20-13+. The summed E-state index contributed by atoms with van der Waals surface area (Å²) < 4.78 is 5.81. The molecule has 0 saturated carbocycles. The minimum absolute atomic E-state index is 0.173. The van der Waals surface area contributed by atoms with Crippen LogP contribution in [0.4, 0.5) is 5.69 Å². The van der Waals surface area contributed by atoms with Crippen molar-refractivity contribution >= 4 is 35.4 Å². The summed E-state index contributed by atoms with van der Waals surface area (Å²) in [6, 6.07) is 18.2. The van der Waals surface area contributed by atoms with Crippen molar-refractivity contribution in [2.75, 3.05) is 5.32 Å². The molecule has 3 aromatic rings. The lowest BCUT2D eigenvalue weighted by Crippen LogP contribution is -2.30. The lowest BCUT2D eigenvalue weighted by molar-refractivity contribution is -0.116. The zero-order chi connectivity index (χ0) is 21.1. The summed E-state index contributed by atoms with van der Waals surface area (Å²) in [5.41, 5.74) is 2.78. The highest BCUT2D eigenvalue weighted by atomic mass is 32.2. The van der Waals surface area contributed by atoms with E-state index < -0.39 is 5.97 Å². The summed E-state index contributed by atoms with van der Waals surface area (Å²) in [6.07, 6.45) is 2.67. The lowest BCUT2D eigenvalue weighted by atomic mass is 10.1. The Hall–Kier alpha value is -3.45. The SMILES string of the molecule is CCc1ccc(NC2NC(=O)/C(=C\c3ccc(-c4cccc(C(=O)O)c4)o3)S2)cc1. The van der Waals surface area contributed by atoms with E-state index in [1.165, 1.54) is 23.4 Å². The number of thioether (sulfide) groups is 1. The fourth-order valence-electron chi connectivity index (χ4n) is 3.07. The number of benzene rings is 2. The number of aromatic carboxylic acids is 1. The summed E-state index contributed by atoms with van der Waals surface area (Å²) in [4.78, 5) is 24.0. The molecule has 152 valence electrons. The third-order valence-electron chi connectivity index (χ3n) is 4.68. The van der Waals surface area contributed by atoms with Crippen molar-refractivity contribution in [1.82, 2.24) is 5.32 Å². The van der Waals surface area contributed by atoms with E-state index in [9.17, 15) is 9.59 Å². The molecule has 7 heteroatoms. The summed E-state index contributed by atoms with van der Waals surface area (Å²) in [7, 11) is 0. The number of hydrogen-bond acceptors (Lipinski definition) is 5. The van der Waals surface area contributed by atoms with Gasteiger partial charge in [-0.05, 0) is 48.4 Å². The number of hydrogen-bond donors (Lipinski definition) is 3. The van der Waals surface area contributed by atoms with Gasteiger partial charge in [0.1, 0.15) is 11.5 Å². The first-order valence-corrected chi connectivity index (χ1v) is 10.4. The summed E-state index contributed by atoms with van der Waals surface area (Å²) in [5, 5.41) is 15.3. The molecule has 2 aromatic carbocycles. The zero-order valence-electron chi connectivity index (χ0n) is 16.2. The number of carboxylic acid groups (broad SMARTS) is 1. The summed E-state index contributed by atoms with van der Waals surface area (Å²) in [5.74, 6) is -0.100. The molecule has 0 spiro atoms. The van der Waals surface area contributed by atoms with E-state index in [-0.39, 0.29) is 17.0 Å². The second-order valence-electron chi connectivity index (χ2n) is 6.76. The van der Waals surface area contributed by atoms with Gasteiger partial charge in [-0.15, -0.1) is 0 Å². The molecule has 2 heterocycles. The van der Waals surface area contributed by atoms with Crippen LogP contribution >= 0.6 is 11.8 Å². The van der Waals surface area contributed by atoms with Crippen LogP contribution in [0.5, 0.6) is 0 Å². The average molecular weight is 420 g/mol. The second kappa shape index (κ2) is 8.51. The first-order valence-electron chi connectivity index (χ1n) is 9.50. The maximum Gasteiger partial charge on any atom is 0.335 e. The number of furan rings is 1. The van der Waals surface area contributed by atoms with Crippen molar-refractivity contribution < 1.29 is 19.1 Å². The average Bonchev–Trinajstić information content (AvgIpc) is 3.35. The van der Waals surface area contributed by atoms with E-state index in [1.807, 2.05) is 12.1 Å². The van der Waals surface area contributed by atoms with E-state index in [0.717, 1.165) is 12.1 Å². The monoisotopic (exact) mass is 420 g/mol. The predicted molar refractivity (Wildman–Crippen MR) is 118 cm³/mol. The van der Waals surface area contributed by atoms with Gasteiger partial charge in [0.05, 0.1) is 10.5 Å². The molecule has 1 aliphatic heterocycles. The third kappa shape index (κ3) is 4.41. The van der Waals surface area contributed by atoms with Gasteiger partial charge in [0, 0.05) is 17.3 Å². The molecule has 30 heavy (non-hydrogen) atoms. The molecule has 1 aromatic heterocycles. The van der Waals surface area contributed by atoms with Gasteiger partial charge >= 0.3 is 5.97 Å². The maximum absolute atomic E-state index is 12.3. The maximum atomic E-state index is 12.3. The summed E-state index contributed by atoms with van der Waals surface area (Å²) >= 11 is 1.38. The van der Waals surface area contributed by atoms with Crippen LogP contribution in [-0.4, -0.2) is 22.5 Å². The Balaban J connectivity index is 1.46. The first-order chi connectivity index (χ1) is 14.5. The van der Waals surface area contributed by atoms with Crippen LogP contribution in [0, 0.1) is 0 Å². The quantitative estimate of drug-likeness (QED) is 0.496. The normalized spacial score (nSPS) is 17.2. The molecule has 3 N–H and O–H groups in total. The number of amides is 1. The third-order valence-corrected chi connectivity index (χ3v) is 5.71. The van der Waals surface area contributed by atoms with E-state index in [1.54, 1.807) is 36.4 Å². The molecular weight excluding hydrogens is 400 g/mol. The molecule has 4 rings (SSSR count). The zero-order valence-corrected chi connectivity index (χ0v) is 17.0. The van der Waals surface area contributed by atoms with Gasteiger partial charge in [-0.3, -0.25) is 4.79 Å². The Morgan fingerprint density at radius 1 is 1.20 bits per heavy atom. The minimum Gasteiger partial charge on any atom is -0.478 e. The molecule has 1 saturated heterocycles. The molecule has 0 radical (unpaired) electrons. The largest absolute Gasteiger partial charge is 0.478 e. The topological polar surface area (TPSA) is 91.6 Å². The van der Waals surface area contributed by atoms with Gasteiger partial charge in [0.25, 0.3) is 5.91 Å². The van der Waals surface area contributed by atoms with Crippen molar-refractivity contribution in [3.8, 4) is 11.3 Å². The number of carboxylic acids is 1. The van der Waals surface area contributed by atoms with Gasteiger partial charge < -0.3 is 20.2 Å². The molecule has 1 atom stereocenters. The van der Waals surface area contributed by atoms with Gasteiger partial charge in [0.2, 0.25) is 0 Å². The number of rotatable bonds is 6. The first kappa shape index (κ1) is 19.8. The van der Waals surface area contributed by atoms with Gasteiger partial charge in [0.15, 0.2) is 5.50 Å². The highest BCUT2D eigenvalue weighted by Crippen LogP contribution is 2.32. The number of carbonyl (C=O) groups excluding carboxylic acids is 1. The van der Waals surface area contributed by atoms with E-state index >= 15 is 0 Å². The van der Waals surface area contributed by atoms with Crippen molar-refractivity contribution in [3.63, 3.8) is 0 Å². The molecule has 0 bridgehead atoms. The molecule has 1 aliphatic rings. The molecule has 1 amide bonds. The highest BCUT2D eigenvalue weighted by Gasteiger charge is 2.27. The molecular formula is C23H20N2O4S. The molecule has 1 unspecified atom stereocenters. The Bertz CT molecular complexity index is 1120. The Kier molecular flexibility index (Phi) is 5.63. The minimum atomic E-state index is -0.993. The van der Waals surface area contributed by atoms with Crippen LogP contribution in [0.2, 0.25) is 0 Å². The number of nitrogens with one attached hydrogen (secondary N) is 2. The fraction of sp³-hybridized carbons (Fsp3) is 0.130. The summed E-state index contributed by atoms with van der Waals surface area (Å²) in [6.45, 7) is 2.11. The van der Waals surface area contributed by atoms with Crippen LogP contribution in [0.3, 0.4) is 0 Å². The Morgan fingerprint density at radius 2 is 2.00 bits per heavy atom.